The molecule has 0 atom stereocenters. The second-order valence-corrected chi connectivity index (χ2v) is 10.4. The Hall–Kier alpha value is -6.10. The van der Waals surface area contributed by atoms with E-state index in [1.807, 2.05) is 18.2 Å². The Labute approximate surface area is 242 Å². The van der Waals surface area contributed by atoms with Crippen LogP contribution in [0, 0.1) is 17.9 Å². The molecule has 0 aliphatic heterocycles. The van der Waals surface area contributed by atoms with Crippen LogP contribution in [0.5, 0.6) is 0 Å². The van der Waals surface area contributed by atoms with E-state index in [1.165, 1.54) is 21.8 Å². The second kappa shape index (κ2) is 9.24. The summed E-state index contributed by atoms with van der Waals surface area (Å²) in [6.07, 6.45) is 0. The number of nitriles is 1. The van der Waals surface area contributed by atoms with Crippen molar-refractivity contribution in [2.75, 3.05) is 0 Å². The van der Waals surface area contributed by atoms with E-state index in [0.29, 0.717) is 11.3 Å². The first-order chi connectivity index (χ1) is 20.8. The minimum absolute atomic E-state index is 0.458. The van der Waals surface area contributed by atoms with E-state index < -0.39 is 0 Å². The van der Waals surface area contributed by atoms with Crippen LogP contribution in [-0.2, 0) is 0 Å². The number of para-hydroxylation sites is 3. The second-order valence-electron chi connectivity index (χ2n) is 10.4. The molecule has 0 saturated carbocycles. The van der Waals surface area contributed by atoms with Gasteiger partial charge in [-0.3, -0.25) is 0 Å². The third kappa shape index (κ3) is 3.40. The summed E-state index contributed by atoms with van der Waals surface area (Å²) in [5.41, 5.74) is 9.51. The van der Waals surface area contributed by atoms with Gasteiger partial charge in [0.15, 0.2) is 5.69 Å². The van der Waals surface area contributed by atoms with Gasteiger partial charge in [-0.25, -0.2) is 4.85 Å². The molecule has 0 radical (unpaired) electrons. The number of hydrogen-bond donors (Lipinski definition) is 0. The largest absolute Gasteiger partial charge is 0.309 e. The minimum atomic E-state index is 0.458. The maximum absolute atomic E-state index is 10.0. The van der Waals surface area contributed by atoms with Crippen molar-refractivity contribution in [1.29, 1.82) is 5.26 Å². The lowest BCUT2D eigenvalue weighted by Crippen LogP contribution is -1.97. The van der Waals surface area contributed by atoms with Crippen LogP contribution in [0.3, 0.4) is 0 Å². The van der Waals surface area contributed by atoms with Crippen LogP contribution in [0.2, 0.25) is 0 Å². The van der Waals surface area contributed by atoms with Gasteiger partial charge in [0.05, 0.1) is 46.0 Å². The molecule has 0 saturated heterocycles. The highest BCUT2D eigenvalue weighted by molar-refractivity contribution is 6.17. The van der Waals surface area contributed by atoms with Gasteiger partial charge in [0, 0.05) is 27.2 Å². The van der Waals surface area contributed by atoms with Crippen molar-refractivity contribution in [3.05, 3.63) is 150 Å². The highest BCUT2D eigenvalue weighted by atomic mass is 15.0. The van der Waals surface area contributed by atoms with Gasteiger partial charge in [-0.1, -0.05) is 78.9 Å². The highest BCUT2D eigenvalue weighted by Gasteiger charge is 2.19. The maximum atomic E-state index is 10.0. The van der Waals surface area contributed by atoms with Crippen LogP contribution in [0.4, 0.5) is 5.69 Å². The number of benzene rings is 6. The lowest BCUT2D eigenvalue weighted by atomic mass is 9.98. The van der Waals surface area contributed by atoms with Gasteiger partial charge in [-0.05, 0) is 65.7 Å². The van der Waals surface area contributed by atoms with E-state index in [9.17, 15) is 5.26 Å². The Kier molecular flexibility index (Phi) is 5.22. The molecular weight excluding hydrogens is 512 g/mol. The SMILES string of the molecule is [C-]#[N+]c1ccc(-n2c3ccccc3c3c(-c4ccc5c(c4)c4ccccc4n5-c4ccccc4)cccc32)c(C#N)c1. The first-order valence-electron chi connectivity index (χ1n) is 13.8. The molecule has 0 amide bonds. The molecule has 4 nitrogen and oxygen atoms in total. The fourth-order valence-corrected chi connectivity index (χ4v) is 6.39. The standard InChI is InChI=1S/C38H22N4/c1-40-27-19-21-33(26(22-27)24-39)42-35-16-8-6-13-31(35)38-29(14-9-17-37(38)42)25-18-20-36-32(23-25)30-12-5-7-15-34(30)41(36)28-10-3-2-4-11-28/h2-23H. The topological polar surface area (TPSA) is 38.0 Å². The van der Waals surface area contributed by atoms with Crippen molar-refractivity contribution < 1.29 is 0 Å². The van der Waals surface area contributed by atoms with Gasteiger partial charge in [-0.2, -0.15) is 5.26 Å². The summed E-state index contributed by atoms with van der Waals surface area (Å²) in [6, 6.07) is 48.2. The third-order valence-electron chi connectivity index (χ3n) is 8.17. The fraction of sp³-hybridized carbons (Fsp3) is 0. The first-order valence-corrected chi connectivity index (χ1v) is 13.8. The third-order valence-corrected chi connectivity index (χ3v) is 8.17. The molecule has 6 aromatic carbocycles. The molecule has 42 heavy (non-hydrogen) atoms. The molecule has 0 fully saturated rings. The predicted octanol–water partition coefficient (Wildman–Crippen LogP) is 9.97. The molecule has 0 unspecified atom stereocenters. The summed E-state index contributed by atoms with van der Waals surface area (Å²) in [4.78, 5) is 3.54. The van der Waals surface area contributed by atoms with Crippen LogP contribution >= 0.6 is 0 Å². The van der Waals surface area contributed by atoms with Gasteiger partial charge >= 0.3 is 0 Å². The summed E-state index contributed by atoms with van der Waals surface area (Å²) in [7, 11) is 0. The molecule has 8 aromatic rings. The molecule has 0 N–H and O–H groups in total. The molecule has 0 aliphatic carbocycles. The molecular formula is C38H22N4. The molecule has 4 heteroatoms. The zero-order valence-corrected chi connectivity index (χ0v) is 22.5. The number of aromatic nitrogens is 2. The average Bonchev–Trinajstić information content (AvgIpc) is 3.57. The van der Waals surface area contributed by atoms with Gasteiger partial charge in [0.25, 0.3) is 0 Å². The number of hydrogen-bond acceptors (Lipinski definition) is 1. The van der Waals surface area contributed by atoms with Gasteiger partial charge < -0.3 is 9.13 Å². The first kappa shape index (κ1) is 23.8. The summed E-state index contributed by atoms with van der Waals surface area (Å²) in [5.74, 6) is 0. The van der Waals surface area contributed by atoms with E-state index in [1.54, 1.807) is 12.1 Å². The summed E-state index contributed by atoms with van der Waals surface area (Å²) < 4.78 is 4.48. The van der Waals surface area contributed by atoms with E-state index in [2.05, 4.69) is 123 Å². The lowest BCUT2D eigenvalue weighted by Gasteiger charge is -2.11. The van der Waals surface area contributed by atoms with Crippen molar-refractivity contribution in [3.8, 4) is 28.6 Å². The Morgan fingerprint density at radius 2 is 1.26 bits per heavy atom. The highest BCUT2D eigenvalue weighted by Crippen LogP contribution is 2.41. The smallest absolute Gasteiger partial charge is 0.188 e. The summed E-state index contributed by atoms with van der Waals surface area (Å²) in [6.45, 7) is 7.41. The van der Waals surface area contributed by atoms with Crippen molar-refractivity contribution in [1.82, 2.24) is 9.13 Å². The van der Waals surface area contributed by atoms with E-state index in [0.717, 1.165) is 44.3 Å². The van der Waals surface area contributed by atoms with Crippen molar-refractivity contribution in [2.45, 2.75) is 0 Å². The lowest BCUT2D eigenvalue weighted by molar-refractivity contribution is 1.17. The quantitative estimate of drug-likeness (QED) is 0.208. The molecule has 8 rings (SSSR count). The Balaban J connectivity index is 1.43. The van der Waals surface area contributed by atoms with Crippen molar-refractivity contribution >= 4 is 49.3 Å². The molecule has 2 heterocycles. The molecule has 194 valence electrons. The van der Waals surface area contributed by atoms with Crippen molar-refractivity contribution in [3.63, 3.8) is 0 Å². The molecule has 0 spiro atoms. The van der Waals surface area contributed by atoms with E-state index in [4.69, 9.17) is 6.57 Å². The van der Waals surface area contributed by atoms with Gasteiger partial charge in [0.1, 0.15) is 0 Å². The maximum Gasteiger partial charge on any atom is 0.188 e. The molecule has 2 aromatic heterocycles. The van der Waals surface area contributed by atoms with Gasteiger partial charge in [0.2, 0.25) is 0 Å². The zero-order valence-electron chi connectivity index (χ0n) is 22.5. The minimum Gasteiger partial charge on any atom is -0.309 e. The van der Waals surface area contributed by atoms with E-state index >= 15 is 0 Å². The number of nitrogens with zero attached hydrogens (tertiary/aromatic N) is 4. The monoisotopic (exact) mass is 534 g/mol. The Bertz CT molecular complexity index is 2430. The van der Waals surface area contributed by atoms with Crippen LogP contribution in [0.25, 0.3) is 71.0 Å². The van der Waals surface area contributed by atoms with Crippen LogP contribution in [-0.4, -0.2) is 9.13 Å². The fourth-order valence-electron chi connectivity index (χ4n) is 6.39. The van der Waals surface area contributed by atoms with Crippen molar-refractivity contribution in [2.24, 2.45) is 0 Å². The van der Waals surface area contributed by atoms with Crippen LogP contribution in [0.1, 0.15) is 5.56 Å². The number of rotatable bonds is 3. The number of fused-ring (bicyclic) bond motifs is 6. The summed E-state index contributed by atoms with van der Waals surface area (Å²) in [5, 5.41) is 14.7. The van der Waals surface area contributed by atoms with Crippen LogP contribution < -0.4 is 0 Å². The van der Waals surface area contributed by atoms with E-state index in [-0.39, 0.29) is 0 Å². The average molecular weight is 535 g/mol. The normalized spacial score (nSPS) is 11.3. The Morgan fingerprint density at radius 1 is 0.571 bits per heavy atom. The van der Waals surface area contributed by atoms with Crippen LogP contribution in [0.15, 0.2) is 133 Å². The molecule has 0 bridgehead atoms. The molecule has 0 aliphatic rings. The zero-order chi connectivity index (χ0) is 28.2. The predicted molar refractivity (Wildman–Crippen MR) is 172 cm³/mol. The van der Waals surface area contributed by atoms with Gasteiger partial charge in [-0.15, -0.1) is 0 Å². The summed E-state index contributed by atoms with van der Waals surface area (Å²) >= 11 is 0. The Morgan fingerprint density at radius 3 is 2.05 bits per heavy atom.